The van der Waals surface area contributed by atoms with Crippen LogP contribution in [0.1, 0.15) is 38.2 Å². The first-order valence-corrected chi connectivity index (χ1v) is 11.6. The quantitative estimate of drug-likeness (QED) is 0.532. The lowest BCUT2D eigenvalue weighted by molar-refractivity contribution is 0.0284. The van der Waals surface area contributed by atoms with Gasteiger partial charge in [0.2, 0.25) is 0 Å². The first-order valence-electron chi connectivity index (χ1n) is 11.6. The van der Waals surface area contributed by atoms with E-state index in [1.54, 1.807) is 12.1 Å². The molecule has 0 N–H and O–H groups in total. The van der Waals surface area contributed by atoms with Gasteiger partial charge in [0.15, 0.2) is 5.78 Å². The van der Waals surface area contributed by atoms with Gasteiger partial charge in [-0.1, -0.05) is 41.5 Å². The second-order valence-corrected chi connectivity index (χ2v) is 9.51. The van der Waals surface area contributed by atoms with Crippen molar-refractivity contribution in [2.75, 3.05) is 26.2 Å². The third kappa shape index (κ3) is 3.85. The molecule has 3 nitrogen and oxygen atoms in total. The molecule has 1 fully saturated rings. The minimum Gasteiger partial charge on any atom is -0.296 e. The van der Waals surface area contributed by atoms with Crippen molar-refractivity contribution in [3.8, 4) is 0 Å². The normalized spacial score (nSPS) is 21.1. The number of benzene rings is 3. The molecular weight excluding hydrogens is 437 g/mol. The van der Waals surface area contributed by atoms with E-state index in [1.165, 1.54) is 12.1 Å². The molecule has 34 heavy (non-hydrogen) atoms. The SMILES string of the molecule is Cc1cc(C)cc(C2(N3CCN(Cc4cc(F)ccc4F)CC3)Cc3c(F)cccc3C2=O)c1. The Balaban J connectivity index is 1.47. The topological polar surface area (TPSA) is 23.6 Å². The standard InChI is InChI=1S/C28H27F3N2O/c1-18-12-19(2)14-21(13-18)28(16-24-23(27(28)34)4-3-5-26(24)31)33-10-8-32(9-11-33)17-20-15-22(29)6-7-25(20)30/h3-7,12-15H,8-11,16-17H2,1-2H3. The first kappa shape index (κ1) is 22.8. The molecule has 6 heteroatoms. The Morgan fingerprint density at radius 1 is 0.853 bits per heavy atom. The molecule has 1 atom stereocenters. The number of halogens is 3. The minimum atomic E-state index is -0.975. The summed E-state index contributed by atoms with van der Waals surface area (Å²) in [5, 5.41) is 0. The van der Waals surface area contributed by atoms with Crippen LogP contribution in [-0.2, 0) is 18.5 Å². The maximum Gasteiger partial charge on any atom is 0.188 e. The molecule has 0 aromatic heterocycles. The van der Waals surface area contributed by atoms with E-state index < -0.39 is 17.2 Å². The zero-order valence-electron chi connectivity index (χ0n) is 19.4. The summed E-state index contributed by atoms with van der Waals surface area (Å²) in [5.74, 6) is -1.30. The molecule has 3 aromatic carbocycles. The monoisotopic (exact) mass is 464 g/mol. The van der Waals surface area contributed by atoms with Gasteiger partial charge >= 0.3 is 0 Å². The van der Waals surface area contributed by atoms with Gasteiger partial charge in [0, 0.05) is 55.8 Å². The van der Waals surface area contributed by atoms with Gasteiger partial charge in [-0.05, 0) is 43.7 Å². The molecule has 176 valence electrons. The highest BCUT2D eigenvalue weighted by molar-refractivity contribution is 6.08. The van der Waals surface area contributed by atoms with Crippen molar-refractivity contribution in [2.45, 2.75) is 32.4 Å². The molecule has 1 unspecified atom stereocenters. The number of piperazine rings is 1. The molecule has 1 aliphatic carbocycles. The third-order valence-electron chi connectivity index (χ3n) is 7.18. The predicted octanol–water partition coefficient (Wildman–Crippen LogP) is 5.17. The summed E-state index contributed by atoms with van der Waals surface area (Å²) < 4.78 is 42.6. The molecule has 0 bridgehead atoms. The van der Waals surface area contributed by atoms with Crippen LogP contribution in [0.4, 0.5) is 13.2 Å². The van der Waals surface area contributed by atoms with Crippen molar-refractivity contribution in [3.05, 3.63) is 105 Å². The molecule has 1 saturated heterocycles. The van der Waals surface area contributed by atoms with Gasteiger partial charge in [0.05, 0.1) is 0 Å². The van der Waals surface area contributed by atoms with Gasteiger partial charge in [0.25, 0.3) is 0 Å². The van der Waals surface area contributed by atoms with Crippen LogP contribution < -0.4 is 0 Å². The highest BCUT2D eigenvalue weighted by atomic mass is 19.1. The number of carbonyl (C=O) groups is 1. The summed E-state index contributed by atoms with van der Waals surface area (Å²) >= 11 is 0. The van der Waals surface area contributed by atoms with Gasteiger partial charge in [0.1, 0.15) is 23.0 Å². The third-order valence-corrected chi connectivity index (χ3v) is 7.18. The Hall–Kier alpha value is -2.96. The Bertz CT molecular complexity index is 1250. The lowest BCUT2D eigenvalue weighted by atomic mass is 9.82. The molecule has 5 rings (SSSR count). The number of rotatable bonds is 4. The van der Waals surface area contributed by atoms with Crippen molar-refractivity contribution in [3.63, 3.8) is 0 Å². The zero-order valence-corrected chi connectivity index (χ0v) is 19.4. The fourth-order valence-electron chi connectivity index (χ4n) is 5.59. The van der Waals surface area contributed by atoms with E-state index in [9.17, 15) is 18.0 Å². The van der Waals surface area contributed by atoms with Crippen LogP contribution in [0.2, 0.25) is 0 Å². The average Bonchev–Trinajstić information content (AvgIpc) is 3.11. The van der Waals surface area contributed by atoms with Crippen molar-refractivity contribution in [1.29, 1.82) is 0 Å². The summed E-state index contributed by atoms with van der Waals surface area (Å²) in [6, 6.07) is 14.4. The van der Waals surface area contributed by atoms with Crippen molar-refractivity contribution in [1.82, 2.24) is 9.80 Å². The van der Waals surface area contributed by atoms with Crippen LogP contribution in [0.15, 0.2) is 54.6 Å². The largest absolute Gasteiger partial charge is 0.296 e. The van der Waals surface area contributed by atoms with Crippen LogP contribution in [0.5, 0.6) is 0 Å². The minimum absolute atomic E-state index is 0.0726. The van der Waals surface area contributed by atoms with Gasteiger partial charge in [-0.25, -0.2) is 13.2 Å². The van der Waals surface area contributed by atoms with E-state index in [4.69, 9.17) is 0 Å². The van der Waals surface area contributed by atoms with E-state index in [0.29, 0.717) is 49.4 Å². The summed E-state index contributed by atoms with van der Waals surface area (Å²) in [6.45, 7) is 6.61. The fourth-order valence-corrected chi connectivity index (χ4v) is 5.59. The highest BCUT2D eigenvalue weighted by Crippen LogP contribution is 2.44. The Labute approximate surface area is 197 Å². The van der Waals surface area contributed by atoms with Crippen molar-refractivity contribution in [2.24, 2.45) is 0 Å². The summed E-state index contributed by atoms with van der Waals surface area (Å²) in [5.41, 5.74) is 3.26. The zero-order chi connectivity index (χ0) is 24.0. The number of aryl methyl sites for hydroxylation is 2. The average molecular weight is 465 g/mol. The number of hydrogen-bond donors (Lipinski definition) is 0. The maximum absolute atomic E-state index is 14.8. The van der Waals surface area contributed by atoms with E-state index >= 15 is 0 Å². The second kappa shape index (κ2) is 8.67. The lowest BCUT2D eigenvalue weighted by Crippen LogP contribution is -2.58. The fraction of sp³-hybridized carbons (Fsp3) is 0.321. The smallest absolute Gasteiger partial charge is 0.188 e. The van der Waals surface area contributed by atoms with E-state index in [-0.39, 0.29) is 18.0 Å². The molecule has 0 saturated carbocycles. The molecule has 2 aliphatic rings. The molecule has 1 heterocycles. The number of hydrogen-bond acceptors (Lipinski definition) is 3. The summed E-state index contributed by atoms with van der Waals surface area (Å²) in [7, 11) is 0. The van der Waals surface area contributed by atoms with E-state index in [0.717, 1.165) is 28.8 Å². The number of ketones is 1. The van der Waals surface area contributed by atoms with E-state index in [1.807, 2.05) is 26.0 Å². The molecule has 1 aliphatic heterocycles. The number of Topliss-reactive ketones (excluding diaryl/α,β-unsaturated/α-hetero) is 1. The van der Waals surface area contributed by atoms with Crippen LogP contribution in [0.3, 0.4) is 0 Å². The molecule has 0 amide bonds. The van der Waals surface area contributed by atoms with E-state index in [2.05, 4.69) is 15.9 Å². The highest BCUT2D eigenvalue weighted by Gasteiger charge is 2.52. The first-order chi connectivity index (χ1) is 16.3. The lowest BCUT2D eigenvalue weighted by Gasteiger charge is -2.45. The maximum atomic E-state index is 14.8. The number of fused-ring (bicyclic) bond motifs is 1. The Morgan fingerprint density at radius 2 is 1.56 bits per heavy atom. The van der Waals surface area contributed by atoms with Gasteiger partial charge in [-0.15, -0.1) is 0 Å². The molecular formula is C28H27F3N2O. The van der Waals surface area contributed by atoms with Crippen LogP contribution >= 0.6 is 0 Å². The Kier molecular flexibility index (Phi) is 5.82. The predicted molar refractivity (Wildman–Crippen MR) is 125 cm³/mol. The summed E-state index contributed by atoms with van der Waals surface area (Å²) in [4.78, 5) is 18.2. The van der Waals surface area contributed by atoms with Crippen LogP contribution in [0, 0.1) is 31.3 Å². The van der Waals surface area contributed by atoms with Gasteiger partial charge in [-0.2, -0.15) is 0 Å². The van der Waals surface area contributed by atoms with Gasteiger partial charge in [-0.3, -0.25) is 14.6 Å². The number of nitrogens with zero attached hydrogens (tertiary/aromatic N) is 2. The van der Waals surface area contributed by atoms with Crippen LogP contribution in [-0.4, -0.2) is 41.8 Å². The molecule has 3 aromatic rings. The molecule has 0 spiro atoms. The van der Waals surface area contributed by atoms with Crippen molar-refractivity contribution < 1.29 is 18.0 Å². The van der Waals surface area contributed by atoms with Gasteiger partial charge < -0.3 is 0 Å². The summed E-state index contributed by atoms with van der Waals surface area (Å²) in [6.07, 6.45) is 0.287. The Morgan fingerprint density at radius 3 is 2.24 bits per heavy atom. The van der Waals surface area contributed by atoms with Crippen molar-refractivity contribution >= 4 is 5.78 Å². The second-order valence-electron chi connectivity index (χ2n) is 9.51. The van der Waals surface area contributed by atoms with Crippen LogP contribution in [0.25, 0.3) is 0 Å². The number of carbonyl (C=O) groups excluding carboxylic acids is 1. The molecule has 0 radical (unpaired) electrons.